The molecule has 1 aromatic heterocycles. The lowest BCUT2D eigenvalue weighted by molar-refractivity contribution is -0.149. The number of esters is 1. The van der Waals surface area contributed by atoms with Gasteiger partial charge in [-0.1, -0.05) is 6.42 Å². The molecule has 1 saturated carbocycles. The zero-order chi connectivity index (χ0) is 14.4. The fraction of sp³-hybridized carbons (Fsp3) is 0.733. The summed E-state index contributed by atoms with van der Waals surface area (Å²) in [4.78, 5) is 16.2. The lowest BCUT2D eigenvalue weighted by Gasteiger charge is -2.28. The number of nitrogens with one attached hydrogen (secondary N) is 1. The molecular weight excluding hydrogens is 272 g/mol. The van der Waals surface area contributed by atoms with Gasteiger partial charge in [-0.05, 0) is 33.1 Å². The minimum Gasteiger partial charge on any atom is -0.466 e. The number of hydrogen-bond donors (Lipinski definition) is 1. The van der Waals surface area contributed by atoms with Gasteiger partial charge in [0.05, 0.1) is 23.2 Å². The minimum atomic E-state index is -0.0193. The van der Waals surface area contributed by atoms with Gasteiger partial charge in [-0.3, -0.25) is 4.79 Å². The number of ether oxygens (including phenoxy) is 1. The molecule has 4 nitrogen and oxygen atoms in total. The normalized spacial score (nSPS) is 22.7. The van der Waals surface area contributed by atoms with Gasteiger partial charge >= 0.3 is 5.97 Å². The summed E-state index contributed by atoms with van der Waals surface area (Å²) in [7, 11) is 0. The van der Waals surface area contributed by atoms with E-state index in [-0.39, 0.29) is 11.9 Å². The standard InChI is InChI=1S/C15H24N2O2S/c1-3-19-15(18)12-5-4-6-13(9-12)16-8-7-14-10-20-11(2)17-14/h10,12-13,16H,3-9H2,1-2H3. The van der Waals surface area contributed by atoms with Gasteiger partial charge in [-0.25, -0.2) is 4.98 Å². The summed E-state index contributed by atoms with van der Waals surface area (Å²) < 4.78 is 5.13. The van der Waals surface area contributed by atoms with Crippen molar-refractivity contribution in [3.8, 4) is 0 Å². The van der Waals surface area contributed by atoms with Crippen LogP contribution in [0.25, 0.3) is 0 Å². The average Bonchev–Trinajstić information content (AvgIpc) is 2.85. The number of rotatable bonds is 6. The molecule has 1 heterocycles. The molecule has 5 heteroatoms. The SMILES string of the molecule is CCOC(=O)C1CCCC(NCCc2csc(C)n2)C1. The van der Waals surface area contributed by atoms with Crippen molar-refractivity contribution < 1.29 is 9.53 Å². The molecule has 2 rings (SSSR count). The smallest absolute Gasteiger partial charge is 0.308 e. The molecule has 2 atom stereocenters. The second kappa shape index (κ2) is 7.74. The van der Waals surface area contributed by atoms with Gasteiger partial charge in [0.2, 0.25) is 0 Å². The largest absolute Gasteiger partial charge is 0.466 e. The van der Waals surface area contributed by atoms with E-state index in [2.05, 4.69) is 15.7 Å². The first-order valence-electron chi connectivity index (χ1n) is 7.50. The van der Waals surface area contributed by atoms with E-state index in [1.165, 1.54) is 0 Å². The Morgan fingerprint density at radius 1 is 1.55 bits per heavy atom. The maximum absolute atomic E-state index is 11.8. The molecule has 2 unspecified atom stereocenters. The summed E-state index contributed by atoms with van der Waals surface area (Å²) in [5.41, 5.74) is 1.16. The van der Waals surface area contributed by atoms with E-state index in [9.17, 15) is 4.79 Å². The molecule has 1 fully saturated rings. The third-order valence-corrected chi connectivity index (χ3v) is 4.60. The molecule has 0 bridgehead atoms. The molecule has 0 amide bonds. The highest BCUT2D eigenvalue weighted by Crippen LogP contribution is 2.25. The Kier molecular flexibility index (Phi) is 5.98. The van der Waals surface area contributed by atoms with Gasteiger partial charge in [0, 0.05) is 24.4 Å². The van der Waals surface area contributed by atoms with Gasteiger partial charge in [-0.2, -0.15) is 0 Å². The van der Waals surface area contributed by atoms with E-state index in [0.717, 1.165) is 49.4 Å². The van der Waals surface area contributed by atoms with Crippen LogP contribution in [0.4, 0.5) is 0 Å². The zero-order valence-corrected chi connectivity index (χ0v) is 13.2. The van der Waals surface area contributed by atoms with Crippen molar-refractivity contribution in [3.05, 3.63) is 16.1 Å². The minimum absolute atomic E-state index is 0.0193. The molecule has 0 aliphatic heterocycles. The molecule has 0 aromatic carbocycles. The molecule has 1 N–H and O–H groups in total. The third kappa shape index (κ3) is 4.56. The van der Waals surface area contributed by atoms with Crippen molar-refractivity contribution in [2.24, 2.45) is 5.92 Å². The van der Waals surface area contributed by atoms with E-state index in [0.29, 0.717) is 12.6 Å². The monoisotopic (exact) mass is 296 g/mol. The lowest BCUT2D eigenvalue weighted by Crippen LogP contribution is -2.37. The molecule has 112 valence electrons. The highest BCUT2D eigenvalue weighted by atomic mass is 32.1. The molecule has 0 spiro atoms. The molecule has 1 aliphatic carbocycles. The van der Waals surface area contributed by atoms with Crippen LogP contribution < -0.4 is 5.32 Å². The van der Waals surface area contributed by atoms with Crippen molar-refractivity contribution in [1.82, 2.24) is 10.3 Å². The Morgan fingerprint density at radius 2 is 2.40 bits per heavy atom. The highest BCUT2D eigenvalue weighted by Gasteiger charge is 2.27. The lowest BCUT2D eigenvalue weighted by atomic mass is 9.85. The number of hydrogen-bond acceptors (Lipinski definition) is 5. The number of thiazole rings is 1. The van der Waals surface area contributed by atoms with Crippen molar-refractivity contribution in [3.63, 3.8) is 0 Å². The number of aryl methyl sites for hydroxylation is 1. The van der Waals surface area contributed by atoms with Gasteiger partial charge < -0.3 is 10.1 Å². The first-order valence-corrected chi connectivity index (χ1v) is 8.38. The Morgan fingerprint density at radius 3 is 3.10 bits per heavy atom. The molecule has 0 radical (unpaired) electrons. The van der Waals surface area contributed by atoms with E-state index in [1.807, 2.05) is 13.8 Å². The van der Waals surface area contributed by atoms with Crippen LogP contribution >= 0.6 is 11.3 Å². The molecule has 20 heavy (non-hydrogen) atoms. The predicted molar refractivity (Wildman–Crippen MR) is 80.9 cm³/mol. The van der Waals surface area contributed by atoms with E-state index >= 15 is 0 Å². The van der Waals surface area contributed by atoms with Crippen molar-refractivity contribution in [2.75, 3.05) is 13.2 Å². The van der Waals surface area contributed by atoms with Crippen LogP contribution in [-0.2, 0) is 16.0 Å². The number of nitrogens with zero attached hydrogens (tertiary/aromatic N) is 1. The second-order valence-corrected chi connectivity index (χ2v) is 6.44. The van der Waals surface area contributed by atoms with Crippen LogP contribution in [0.2, 0.25) is 0 Å². The fourth-order valence-electron chi connectivity index (χ4n) is 2.78. The fourth-order valence-corrected chi connectivity index (χ4v) is 3.42. The summed E-state index contributed by atoms with van der Waals surface area (Å²) >= 11 is 1.70. The van der Waals surface area contributed by atoms with Crippen molar-refractivity contribution >= 4 is 17.3 Å². The maximum atomic E-state index is 11.8. The Hall–Kier alpha value is -0.940. The summed E-state index contributed by atoms with van der Waals surface area (Å²) in [6, 6.07) is 0.442. The first kappa shape index (κ1) is 15.4. The Bertz CT molecular complexity index is 433. The van der Waals surface area contributed by atoms with Crippen LogP contribution in [0.3, 0.4) is 0 Å². The third-order valence-electron chi connectivity index (χ3n) is 3.77. The number of aromatic nitrogens is 1. The van der Waals surface area contributed by atoms with E-state index < -0.39 is 0 Å². The van der Waals surface area contributed by atoms with E-state index in [1.54, 1.807) is 11.3 Å². The molecule has 0 saturated heterocycles. The van der Waals surface area contributed by atoms with Crippen LogP contribution in [-0.4, -0.2) is 30.1 Å². The Labute approximate surface area is 124 Å². The van der Waals surface area contributed by atoms with Gasteiger partial charge in [0.15, 0.2) is 0 Å². The summed E-state index contributed by atoms with van der Waals surface area (Å²) in [5.74, 6) is 0.0665. The molecule has 1 aromatic rings. The summed E-state index contributed by atoms with van der Waals surface area (Å²) in [5, 5.41) is 6.81. The maximum Gasteiger partial charge on any atom is 0.308 e. The zero-order valence-electron chi connectivity index (χ0n) is 12.4. The van der Waals surface area contributed by atoms with Gasteiger partial charge in [-0.15, -0.1) is 11.3 Å². The first-order chi connectivity index (χ1) is 9.69. The van der Waals surface area contributed by atoms with Gasteiger partial charge in [0.1, 0.15) is 0 Å². The second-order valence-electron chi connectivity index (χ2n) is 5.37. The average molecular weight is 296 g/mol. The van der Waals surface area contributed by atoms with Crippen LogP contribution in [0.15, 0.2) is 5.38 Å². The van der Waals surface area contributed by atoms with E-state index in [4.69, 9.17) is 4.74 Å². The molecular formula is C15H24N2O2S. The number of carbonyl (C=O) groups excluding carboxylic acids is 1. The topological polar surface area (TPSA) is 51.2 Å². The van der Waals surface area contributed by atoms with Crippen molar-refractivity contribution in [2.45, 2.75) is 52.0 Å². The summed E-state index contributed by atoms with van der Waals surface area (Å²) in [6.45, 7) is 5.32. The van der Waals surface area contributed by atoms with Crippen LogP contribution in [0.5, 0.6) is 0 Å². The predicted octanol–water partition coefficient (Wildman–Crippen LogP) is 2.71. The molecule has 1 aliphatic rings. The highest BCUT2D eigenvalue weighted by molar-refractivity contribution is 7.09. The quantitative estimate of drug-likeness (QED) is 0.820. The van der Waals surface area contributed by atoms with Crippen LogP contribution in [0.1, 0.15) is 43.3 Å². The number of carbonyl (C=O) groups is 1. The summed E-state index contributed by atoms with van der Waals surface area (Å²) in [6.07, 6.45) is 5.12. The Balaban J connectivity index is 1.71. The van der Waals surface area contributed by atoms with Crippen LogP contribution in [0, 0.1) is 12.8 Å². The van der Waals surface area contributed by atoms with Gasteiger partial charge in [0.25, 0.3) is 0 Å². The van der Waals surface area contributed by atoms with Crippen molar-refractivity contribution in [1.29, 1.82) is 0 Å².